The third-order valence-corrected chi connectivity index (χ3v) is 4.76. The molecule has 1 heterocycles. The molecule has 2 rings (SSSR count). The Morgan fingerprint density at radius 2 is 1.89 bits per heavy atom. The molecule has 1 N–H and O–H groups in total. The van der Waals surface area contributed by atoms with Gasteiger partial charge in [0, 0.05) is 12.6 Å². The molecule has 144 valence electrons. The second-order valence-electron chi connectivity index (χ2n) is 7.11. The molecule has 1 unspecified atom stereocenters. The van der Waals surface area contributed by atoms with Gasteiger partial charge in [-0.25, -0.2) is 0 Å². The van der Waals surface area contributed by atoms with Gasteiger partial charge < -0.3 is 9.53 Å². The second-order valence-corrected chi connectivity index (χ2v) is 11.6. The molecule has 0 fully saturated rings. The molecule has 0 bridgehead atoms. The van der Waals surface area contributed by atoms with Crippen LogP contribution in [-0.2, 0) is 22.2 Å². The number of rotatable bonds is 8. The van der Waals surface area contributed by atoms with E-state index in [4.69, 9.17) is 9.53 Å². The number of pyridine rings is 1. The number of hydrogen-bond donors (Lipinski definition) is 1. The summed E-state index contributed by atoms with van der Waals surface area (Å²) in [6, 6.07) is 10.8. The smallest absolute Gasteiger partial charge is 0.339 e. The van der Waals surface area contributed by atoms with E-state index in [0.717, 1.165) is 10.1 Å². The highest BCUT2D eigenvalue weighted by molar-refractivity contribution is 6.69. The molecule has 0 saturated carbocycles. The topological polar surface area (TPSA) is 112 Å². The van der Waals surface area contributed by atoms with Crippen molar-refractivity contribution in [2.24, 2.45) is 0 Å². The summed E-state index contributed by atoms with van der Waals surface area (Å²) < 4.78 is 6.98. The fourth-order valence-corrected chi connectivity index (χ4v) is 3.82. The molecule has 0 aliphatic carbocycles. The minimum atomic E-state index is -2.10. The maximum Gasteiger partial charge on any atom is 0.339 e. The highest BCUT2D eigenvalue weighted by Gasteiger charge is 2.31. The van der Waals surface area contributed by atoms with Gasteiger partial charge in [0.05, 0.1) is 16.6 Å². The average Bonchev–Trinajstić information content (AvgIpc) is 2.55. The van der Waals surface area contributed by atoms with Gasteiger partial charge in [0.25, 0.3) is 0 Å². The molecule has 27 heavy (non-hydrogen) atoms. The van der Waals surface area contributed by atoms with Gasteiger partial charge in [-0.3, -0.25) is 24.3 Å². The van der Waals surface area contributed by atoms with Crippen molar-refractivity contribution in [3.63, 3.8) is 0 Å². The minimum Gasteiger partial charge on any atom is -0.480 e. The van der Waals surface area contributed by atoms with Gasteiger partial charge in [-0.15, -0.1) is 0 Å². The minimum absolute atomic E-state index is 0.165. The molecule has 1 aromatic carbocycles. The normalized spacial score (nSPS) is 12.6. The Balaban J connectivity index is 2.56. The summed E-state index contributed by atoms with van der Waals surface area (Å²) in [7, 11) is -2.10. The maximum absolute atomic E-state index is 12.5. The Hall–Kier alpha value is -2.78. The molecule has 9 heteroatoms. The van der Waals surface area contributed by atoms with Gasteiger partial charge in [-0.2, -0.15) is 0 Å². The summed E-state index contributed by atoms with van der Waals surface area (Å²) in [5.41, 5.74) is -0.502. The monoisotopic (exact) mass is 390 g/mol. The number of carboxylic acids is 1. The lowest BCUT2D eigenvalue weighted by atomic mass is 10.0. The zero-order valence-corrected chi connectivity index (χ0v) is 16.4. The number of nitro groups is 1. The van der Waals surface area contributed by atoms with Crippen molar-refractivity contribution < 1.29 is 19.3 Å². The first-order chi connectivity index (χ1) is 12.6. The van der Waals surface area contributed by atoms with Crippen molar-refractivity contribution in [1.29, 1.82) is 0 Å². The van der Waals surface area contributed by atoms with Gasteiger partial charge in [0.1, 0.15) is 6.54 Å². The molecule has 1 atom stereocenters. The summed E-state index contributed by atoms with van der Waals surface area (Å²) in [6.07, 6.45) is 0.963. The van der Waals surface area contributed by atoms with Crippen LogP contribution in [0, 0.1) is 10.1 Å². The van der Waals surface area contributed by atoms with Crippen LogP contribution in [0.5, 0.6) is 0 Å². The van der Waals surface area contributed by atoms with Crippen molar-refractivity contribution in [1.82, 2.24) is 4.57 Å². The van der Waals surface area contributed by atoms with Gasteiger partial charge in [-0.1, -0.05) is 30.3 Å². The Kier molecular flexibility index (Phi) is 6.29. The van der Waals surface area contributed by atoms with Crippen LogP contribution in [-0.4, -0.2) is 28.9 Å². The van der Waals surface area contributed by atoms with Crippen molar-refractivity contribution in [2.75, 3.05) is 0 Å². The van der Waals surface area contributed by atoms with E-state index >= 15 is 0 Å². The highest BCUT2D eigenvalue weighted by Crippen LogP contribution is 2.30. The zero-order valence-electron chi connectivity index (χ0n) is 15.4. The molecular weight excluding hydrogens is 368 g/mol. The van der Waals surface area contributed by atoms with E-state index in [-0.39, 0.29) is 5.56 Å². The van der Waals surface area contributed by atoms with Crippen molar-refractivity contribution in [2.45, 2.75) is 38.7 Å². The molecule has 0 aliphatic heterocycles. The van der Waals surface area contributed by atoms with E-state index in [1.807, 2.05) is 50.0 Å². The molecule has 0 spiro atoms. The van der Waals surface area contributed by atoms with Crippen molar-refractivity contribution in [3.8, 4) is 0 Å². The number of benzene rings is 1. The summed E-state index contributed by atoms with van der Waals surface area (Å²) in [4.78, 5) is 34.2. The van der Waals surface area contributed by atoms with E-state index in [1.54, 1.807) is 0 Å². The molecule has 0 amide bonds. The van der Waals surface area contributed by atoms with Crippen LogP contribution in [0.3, 0.4) is 0 Å². The highest BCUT2D eigenvalue weighted by atomic mass is 28.4. The first-order valence-corrected chi connectivity index (χ1v) is 11.8. The third-order valence-electron chi connectivity index (χ3n) is 3.77. The van der Waals surface area contributed by atoms with E-state index < -0.39 is 43.1 Å². The van der Waals surface area contributed by atoms with Crippen molar-refractivity contribution >= 4 is 20.0 Å². The summed E-state index contributed by atoms with van der Waals surface area (Å²) in [6.45, 7) is 5.24. The number of nitrogens with zero attached hydrogens (tertiary/aromatic N) is 2. The lowest BCUT2D eigenvalue weighted by Crippen LogP contribution is -2.32. The Bertz CT molecular complexity index is 889. The van der Waals surface area contributed by atoms with Crippen LogP contribution < -0.4 is 5.56 Å². The van der Waals surface area contributed by atoms with Crippen LogP contribution >= 0.6 is 0 Å². The molecule has 0 radical (unpaired) electrons. The summed E-state index contributed by atoms with van der Waals surface area (Å²) >= 11 is 0. The zero-order chi connectivity index (χ0) is 20.2. The molecule has 0 aliphatic rings. The Morgan fingerprint density at radius 1 is 1.26 bits per heavy atom. The average molecular weight is 390 g/mol. The molecule has 2 aromatic rings. The fraction of sp³-hybridized carbons (Fsp3) is 0.333. The van der Waals surface area contributed by atoms with E-state index in [9.17, 15) is 19.7 Å². The van der Waals surface area contributed by atoms with Crippen LogP contribution in [0.2, 0.25) is 19.6 Å². The number of aliphatic carboxylic acids is 1. The lowest BCUT2D eigenvalue weighted by molar-refractivity contribution is -0.387. The number of hydrogen-bond acceptors (Lipinski definition) is 5. The summed E-state index contributed by atoms with van der Waals surface area (Å²) in [5.74, 6) is -1.25. The first kappa shape index (κ1) is 20.5. The van der Waals surface area contributed by atoms with Gasteiger partial charge >= 0.3 is 17.2 Å². The van der Waals surface area contributed by atoms with Crippen LogP contribution in [0.15, 0.2) is 47.4 Å². The van der Waals surface area contributed by atoms with Gasteiger partial charge in [-0.05, 0) is 31.3 Å². The third kappa shape index (κ3) is 5.60. The number of carboxylic acid groups (broad SMARTS) is 1. The van der Waals surface area contributed by atoms with Gasteiger partial charge in [0.2, 0.25) is 0 Å². The number of aromatic nitrogens is 1. The largest absolute Gasteiger partial charge is 0.480 e. The maximum atomic E-state index is 12.5. The molecule has 8 nitrogen and oxygen atoms in total. The first-order valence-electron chi connectivity index (χ1n) is 8.40. The quantitative estimate of drug-likeness (QED) is 0.421. The van der Waals surface area contributed by atoms with E-state index in [1.165, 1.54) is 12.3 Å². The van der Waals surface area contributed by atoms with Gasteiger partial charge in [0.15, 0.2) is 8.32 Å². The summed E-state index contributed by atoms with van der Waals surface area (Å²) in [5, 5.41) is 20.5. The predicted molar refractivity (Wildman–Crippen MR) is 102 cm³/mol. The SMILES string of the molecule is C[Si](C)(C)OC(Cc1ccccc1)c1ccn(CC(=O)O)c(=O)c1[N+](=O)[O-]. The molecule has 0 saturated heterocycles. The Morgan fingerprint density at radius 3 is 2.41 bits per heavy atom. The molecular formula is C18H22N2O6Si. The van der Waals surface area contributed by atoms with Crippen molar-refractivity contribution in [3.05, 3.63) is 74.2 Å². The van der Waals surface area contributed by atoms with E-state index in [0.29, 0.717) is 6.42 Å². The van der Waals surface area contributed by atoms with Crippen LogP contribution in [0.4, 0.5) is 5.69 Å². The van der Waals surface area contributed by atoms with Crippen LogP contribution in [0.25, 0.3) is 0 Å². The second kappa shape index (κ2) is 8.27. The van der Waals surface area contributed by atoms with Crippen LogP contribution in [0.1, 0.15) is 17.2 Å². The van der Waals surface area contributed by atoms with E-state index in [2.05, 4.69) is 0 Å². The lowest BCUT2D eigenvalue weighted by Gasteiger charge is -2.27. The predicted octanol–water partition coefficient (Wildman–Crippen LogP) is 2.98. The standard InChI is InChI=1S/C18H22N2O6Si/c1-27(2,3)26-15(11-13-7-5-4-6-8-13)14-9-10-19(12-16(21)22)18(23)17(14)20(24)25/h4-10,15H,11-12H2,1-3H3,(H,21,22). The fourth-order valence-electron chi connectivity index (χ4n) is 2.76. The Labute approximate surface area is 157 Å². The molecule has 1 aromatic heterocycles. The number of carbonyl (C=O) groups is 1.